The highest BCUT2D eigenvalue weighted by atomic mass is 28.4. The first-order valence-corrected chi connectivity index (χ1v) is 16.0. The predicted molar refractivity (Wildman–Crippen MR) is 156 cm³/mol. The van der Waals surface area contributed by atoms with Crippen molar-refractivity contribution in [3.8, 4) is 0 Å². The Balaban J connectivity index is 1.27. The summed E-state index contributed by atoms with van der Waals surface area (Å²) >= 11 is 0. The zero-order chi connectivity index (χ0) is 27.3. The topological polar surface area (TPSA) is 54.0 Å². The minimum Gasteiger partial charge on any atom is -0.459 e. The Bertz CT molecular complexity index is 1170. The summed E-state index contributed by atoms with van der Waals surface area (Å²) in [5.41, 5.74) is 0.555. The van der Waals surface area contributed by atoms with Crippen LogP contribution in [0.1, 0.15) is 63.2 Å². The van der Waals surface area contributed by atoms with E-state index in [9.17, 15) is 4.79 Å². The molecule has 3 aromatic carbocycles. The van der Waals surface area contributed by atoms with Gasteiger partial charge in [0.05, 0.1) is 24.4 Å². The highest BCUT2D eigenvalue weighted by molar-refractivity contribution is 6.99. The summed E-state index contributed by atoms with van der Waals surface area (Å²) in [4.78, 5) is 12.4. The molecule has 39 heavy (non-hydrogen) atoms. The van der Waals surface area contributed by atoms with E-state index in [-0.39, 0.29) is 29.8 Å². The van der Waals surface area contributed by atoms with Gasteiger partial charge in [-0.25, -0.2) is 4.79 Å². The maximum absolute atomic E-state index is 12.4. The molecule has 5 nitrogen and oxygen atoms in total. The van der Waals surface area contributed by atoms with E-state index in [2.05, 4.69) is 81.4 Å². The maximum Gasteiger partial charge on any atom is 0.338 e. The van der Waals surface area contributed by atoms with E-state index in [0.29, 0.717) is 12.2 Å². The van der Waals surface area contributed by atoms with Crippen molar-refractivity contribution in [3.63, 3.8) is 0 Å². The highest BCUT2D eigenvalue weighted by Crippen LogP contribution is 2.42. The van der Waals surface area contributed by atoms with Crippen molar-refractivity contribution in [3.05, 3.63) is 96.6 Å². The van der Waals surface area contributed by atoms with Crippen LogP contribution in [0.5, 0.6) is 0 Å². The molecule has 0 aromatic heterocycles. The van der Waals surface area contributed by atoms with Crippen LogP contribution in [0.3, 0.4) is 0 Å². The van der Waals surface area contributed by atoms with Gasteiger partial charge in [0.1, 0.15) is 6.61 Å². The molecule has 3 atom stereocenters. The van der Waals surface area contributed by atoms with Crippen LogP contribution >= 0.6 is 0 Å². The second kappa shape index (κ2) is 11.8. The van der Waals surface area contributed by atoms with Crippen LogP contribution in [0.15, 0.2) is 91.0 Å². The largest absolute Gasteiger partial charge is 0.459 e. The van der Waals surface area contributed by atoms with Crippen LogP contribution in [0.2, 0.25) is 5.04 Å². The molecule has 2 heterocycles. The van der Waals surface area contributed by atoms with Gasteiger partial charge in [-0.15, -0.1) is 0 Å². The van der Waals surface area contributed by atoms with Gasteiger partial charge in [-0.1, -0.05) is 99.6 Å². The number of benzene rings is 3. The predicted octanol–water partition coefficient (Wildman–Crippen LogP) is 5.86. The molecule has 0 aliphatic carbocycles. The molecular weight excluding hydrogens is 504 g/mol. The second-order valence-corrected chi connectivity index (χ2v) is 16.1. The Morgan fingerprint density at radius 2 is 1.33 bits per heavy atom. The van der Waals surface area contributed by atoms with E-state index < -0.39 is 14.1 Å². The lowest BCUT2D eigenvalue weighted by molar-refractivity contribution is -0.276. The summed E-state index contributed by atoms with van der Waals surface area (Å²) in [5.74, 6) is -0.942. The fourth-order valence-electron chi connectivity index (χ4n) is 6.13. The third-order valence-corrected chi connectivity index (χ3v) is 13.0. The van der Waals surface area contributed by atoms with Gasteiger partial charge in [0.25, 0.3) is 8.32 Å². The number of carbonyl (C=O) groups is 1. The van der Waals surface area contributed by atoms with Gasteiger partial charge < -0.3 is 18.6 Å². The van der Waals surface area contributed by atoms with Crippen molar-refractivity contribution in [2.75, 3.05) is 13.2 Å². The summed E-state index contributed by atoms with van der Waals surface area (Å²) in [7, 11) is -2.63. The zero-order valence-electron chi connectivity index (χ0n) is 23.3. The van der Waals surface area contributed by atoms with E-state index in [1.165, 1.54) is 10.4 Å². The molecule has 3 aromatic rings. The number of carbonyl (C=O) groups excluding carboxylic acids is 1. The molecular formula is C33H40O5Si. The highest BCUT2D eigenvalue weighted by Gasteiger charge is 2.51. The molecule has 2 aliphatic rings. The maximum atomic E-state index is 12.4. The van der Waals surface area contributed by atoms with Gasteiger partial charge in [-0.3, -0.25) is 0 Å². The Hall–Kier alpha value is -2.77. The van der Waals surface area contributed by atoms with E-state index in [1.807, 2.05) is 18.2 Å². The number of esters is 1. The zero-order valence-corrected chi connectivity index (χ0v) is 24.3. The molecule has 2 aliphatic heterocycles. The lowest BCUT2D eigenvalue weighted by Gasteiger charge is -2.45. The van der Waals surface area contributed by atoms with Gasteiger partial charge in [0.15, 0.2) is 5.79 Å². The van der Waals surface area contributed by atoms with Crippen molar-refractivity contribution in [2.45, 2.75) is 75.9 Å². The average Bonchev–Trinajstić information content (AvgIpc) is 3.34. The Labute approximate surface area is 233 Å². The summed E-state index contributed by atoms with van der Waals surface area (Å²) in [5, 5.41) is 2.46. The smallest absolute Gasteiger partial charge is 0.338 e. The molecule has 0 radical (unpaired) electrons. The van der Waals surface area contributed by atoms with Crippen molar-refractivity contribution >= 4 is 24.7 Å². The van der Waals surface area contributed by atoms with Crippen LogP contribution in [-0.2, 0) is 18.6 Å². The van der Waals surface area contributed by atoms with Crippen molar-refractivity contribution in [2.24, 2.45) is 0 Å². The molecule has 2 saturated heterocycles. The van der Waals surface area contributed by atoms with Crippen LogP contribution in [0.25, 0.3) is 0 Å². The van der Waals surface area contributed by atoms with E-state index in [1.54, 1.807) is 12.1 Å². The lowest BCUT2D eigenvalue weighted by Crippen LogP contribution is -2.67. The van der Waals surface area contributed by atoms with Crippen molar-refractivity contribution in [1.82, 2.24) is 0 Å². The fourth-order valence-corrected chi connectivity index (χ4v) is 10.7. The third kappa shape index (κ3) is 6.04. The Morgan fingerprint density at radius 1 is 0.795 bits per heavy atom. The average molecular weight is 545 g/mol. The molecule has 0 N–H and O–H groups in total. The third-order valence-electron chi connectivity index (χ3n) is 8.01. The summed E-state index contributed by atoms with van der Waals surface area (Å²) < 4.78 is 25.8. The van der Waals surface area contributed by atoms with Crippen molar-refractivity contribution < 1.29 is 23.4 Å². The lowest BCUT2D eigenvalue weighted by atomic mass is 9.99. The van der Waals surface area contributed by atoms with Gasteiger partial charge in [0, 0.05) is 12.8 Å². The summed E-state index contributed by atoms with van der Waals surface area (Å²) in [6.45, 7) is 7.64. The standard InChI is InChI=1S/C33H40O5Si/c1-32(2,3)39(29-17-9-5-10-18-29,30-19-11-6-12-20-30)36-25-27-16-13-22-33(37-27)23-21-28(38-33)24-35-31(34)26-14-7-4-8-15-26/h4-12,14-15,17-20,27-28H,13,16,21-25H2,1-3H3/t27-,28-,33-/m0/s1. The Morgan fingerprint density at radius 3 is 1.90 bits per heavy atom. The van der Waals surface area contributed by atoms with Gasteiger partial charge in [0.2, 0.25) is 0 Å². The monoisotopic (exact) mass is 544 g/mol. The number of ether oxygens (including phenoxy) is 3. The number of rotatable bonds is 8. The molecule has 0 saturated carbocycles. The van der Waals surface area contributed by atoms with Crippen molar-refractivity contribution in [1.29, 1.82) is 0 Å². The normalized spacial score (nSPS) is 23.6. The molecule has 206 valence electrons. The molecule has 0 bridgehead atoms. The molecule has 6 heteroatoms. The first-order chi connectivity index (χ1) is 18.8. The van der Waals surface area contributed by atoms with Crippen LogP contribution in [0.4, 0.5) is 0 Å². The van der Waals surface area contributed by atoms with Gasteiger partial charge >= 0.3 is 5.97 Å². The van der Waals surface area contributed by atoms with Gasteiger partial charge in [-0.2, -0.15) is 0 Å². The summed E-state index contributed by atoms with van der Waals surface area (Å²) in [6, 6.07) is 30.5. The molecule has 1 spiro atoms. The van der Waals surface area contributed by atoms with Crippen LogP contribution in [-0.4, -0.2) is 45.5 Å². The summed E-state index contributed by atoms with van der Waals surface area (Å²) in [6.07, 6.45) is 4.22. The van der Waals surface area contributed by atoms with Gasteiger partial charge in [-0.05, 0) is 46.8 Å². The minimum atomic E-state index is -2.63. The first kappa shape index (κ1) is 27.8. The minimum absolute atomic E-state index is 0.0500. The van der Waals surface area contributed by atoms with E-state index in [4.69, 9.17) is 18.6 Å². The van der Waals surface area contributed by atoms with Crippen LogP contribution in [0, 0.1) is 0 Å². The van der Waals surface area contributed by atoms with E-state index >= 15 is 0 Å². The quantitative estimate of drug-likeness (QED) is 0.263. The molecule has 0 amide bonds. The first-order valence-electron chi connectivity index (χ1n) is 14.1. The van der Waals surface area contributed by atoms with E-state index in [0.717, 1.165) is 32.1 Å². The SMILES string of the molecule is CC(C)(C)[Si](OC[C@@H]1CCC[C@]2(CC[C@@H](COC(=O)c3ccccc3)O2)O1)(c1ccccc1)c1ccccc1. The molecule has 0 unspecified atom stereocenters. The Kier molecular flexibility index (Phi) is 8.38. The fraction of sp³-hybridized carbons (Fsp3) is 0.424. The number of hydrogen-bond donors (Lipinski definition) is 0. The molecule has 2 fully saturated rings. The second-order valence-electron chi connectivity index (χ2n) is 11.8. The van der Waals surface area contributed by atoms with Crippen LogP contribution < -0.4 is 10.4 Å². The molecule has 5 rings (SSSR count). The number of hydrogen-bond acceptors (Lipinski definition) is 5.